The smallest absolute Gasteiger partial charge is 0.191 e. The maximum Gasteiger partial charge on any atom is 0.191 e. The molecule has 0 spiro atoms. The Morgan fingerprint density at radius 3 is 2.59 bits per heavy atom. The van der Waals surface area contributed by atoms with Gasteiger partial charge in [-0.1, -0.05) is 32.0 Å². The minimum atomic E-state index is 0.207. The first-order valence-corrected chi connectivity index (χ1v) is 7.76. The van der Waals surface area contributed by atoms with E-state index in [4.69, 9.17) is 9.47 Å². The van der Waals surface area contributed by atoms with Gasteiger partial charge in [-0.3, -0.25) is 4.99 Å². The first kappa shape index (κ1) is 18.3. The molecule has 0 amide bonds. The number of guanidine groups is 1. The van der Waals surface area contributed by atoms with Crippen LogP contribution in [0, 0.1) is 0 Å². The maximum atomic E-state index is 5.88. The molecule has 5 heteroatoms. The number of methoxy groups -OCH3 is 1. The Kier molecular flexibility index (Phi) is 8.36. The standard InChI is InChI=1S/C17H29N3O2/c1-13(2)15-8-6-7-9-16(15)22-11-10-19-17(18-4)20-14(3)12-21-5/h6-9,13-14H,10-12H2,1-5H3,(H2,18,19,20). The predicted molar refractivity (Wildman–Crippen MR) is 91.9 cm³/mol. The van der Waals surface area contributed by atoms with Crippen LogP contribution < -0.4 is 15.4 Å². The number of nitrogens with zero attached hydrogens (tertiary/aromatic N) is 1. The molecule has 0 saturated heterocycles. The SMILES string of the molecule is CN=C(NCCOc1ccccc1C(C)C)NC(C)COC. The molecule has 0 aliphatic rings. The average Bonchev–Trinajstić information content (AvgIpc) is 2.50. The Balaban J connectivity index is 2.38. The number of para-hydroxylation sites is 1. The highest BCUT2D eigenvalue weighted by molar-refractivity contribution is 5.79. The minimum absolute atomic E-state index is 0.207. The number of ether oxygens (including phenoxy) is 2. The number of benzene rings is 1. The zero-order valence-electron chi connectivity index (χ0n) is 14.3. The number of aliphatic imine (C=N–C) groups is 1. The zero-order chi connectivity index (χ0) is 16.4. The minimum Gasteiger partial charge on any atom is -0.491 e. The summed E-state index contributed by atoms with van der Waals surface area (Å²) in [7, 11) is 3.44. The topological polar surface area (TPSA) is 54.9 Å². The molecule has 5 nitrogen and oxygen atoms in total. The van der Waals surface area contributed by atoms with Crippen LogP contribution >= 0.6 is 0 Å². The highest BCUT2D eigenvalue weighted by atomic mass is 16.5. The molecule has 0 heterocycles. The Morgan fingerprint density at radius 1 is 1.23 bits per heavy atom. The van der Waals surface area contributed by atoms with Crippen LogP contribution in [0.2, 0.25) is 0 Å². The van der Waals surface area contributed by atoms with Gasteiger partial charge in [0.15, 0.2) is 5.96 Å². The van der Waals surface area contributed by atoms with Crippen molar-refractivity contribution in [2.45, 2.75) is 32.7 Å². The van der Waals surface area contributed by atoms with Gasteiger partial charge >= 0.3 is 0 Å². The molecule has 0 bridgehead atoms. The molecular weight excluding hydrogens is 278 g/mol. The maximum absolute atomic E-state index is 5.88. The fourth-order valence-corrected chi connectivity index (χ4v) is 2.14. The Hall–Kier alpha value is -1.75. The van der Waals surface area contributed by atoms with E-state index < -0.39 is 0 Å². The van der Waals surface area contributed by atoms with Crippen molar-refractivity contribution >= 4 is 5.96 Å². The van der Waals surface area contributed by atoms with Crippen molar-refractivity contribution in [2.24, 2.45) is 4.99 Å². The van der Waals surface area contributed by atoms with Crippen molar-refractivity contribution in [3.05, 3.63) is 29.8 Å². The molecule has 0 saturated carbocycles. The molecular formula is C17H29N3O2. The van der Waals surface area contributed by atoms with Crippen molar-refractivity contribution < 1.29 is 9.47 Å². The Morgan fingerprint density at radius 2 is 1.95 bits per heavy atom. The molecule has 1 aromatic carbocycles. The van der Waals surface area contributed by atoms with Crippen LogP contribution in [0.3, 0.4) is 0 Å². The van der Waals surface area contributed by atoms with Gasteiger partial charge in [0.2, 0.25) is 0 Å². The molecule has 124 valence electrons. The number of nitrogens with one attached hydrogen (secondary N) is 2. The lowest BCUT2D eigenvalue weighted by molar-refractivity contribution is 0.179. The summed E-state index contributed by atoms with van der Waals surface area (Å²) in [5.74, 6) is 2.16. The van der Waals surface area contributed by atoms with Crippen LogP contribution in [-0.2, 0) is 4.74 Å². The number of hydrogen-bond donors (Lipinski definition) is 2. The van der Waals surface area contributed by atoms with E-state index in [0.29, 0.717) is 25.7 Å². The molecule has 1 atom stereocenters. The normalized spacial score (nSPS) is 13.1. The second kappa shape index (κ2) is 10.1. The van der Waals surface area contributed by atoms with E-state index in [1.165, 1.54) is 5.56 Å². The van der Waals surface area contributed by atoms with Crippen LogP contribution in [0.25, 0.3) is 0 Å². The number of rotatable bonds is 8. The van der Waals surface area contributed by atoms with E-state index >= 15 is 0 Å². The highest BCUT2D eigenvalue weighted by Gasteiger charge is 2.07. The van der Waals surface area contributed by atoms with Gasteiger partial charge in [0.05, 0.1) is 13.2 Å². The molecule has 1 unspecified atom stereocenters. The van der Waals surface area contributed by atoms with Gasteiger partial charge in [-0.25, -0.2) is 0 Å². The van der Waals surface area contributed by atoms with Gasteiger partial charge in [0.1, 0.15) is 12.4 Å². The van der Waals surface area contributed by atoms with E-state index in [2.05, 4.69) is 35.5 Å². The van der Waals surface area contributed by atoms with Crippen LogP contribution in [0.5, 0.6) is 5.75 Å². The third kappa shape index (κ3) is 6.35. The van der Waals surface area contributed by atoms with Gasteiger partial charge in [-0.2, -0.15) is 0 Å². The van der Waals surface area contributed by atoms with Crippen LogP contribution in [-0.4, -0.2) is 45.9 Å². The Labute approximate surface area is 134 Å². The summed E-state index contributed by atoms with van der Waals surface area (Å²) in [5, 5.41) is 6.49. The summed E-state index contributed by atoms with van der Waals surface area (Å²) in [6.45, 7) is 8.30. The van der Waals surface area contributed by atoms with E-state index in [-0.39, 0.29) is 6.04 Å². The van der Waals surface area contributed by atoms with Gasteiger partial charge < -0.3 is 20.1 Å². The third-order valence-corrected chi connectivity index (χ3v) is 3.22. The highest BCUT2D eigenvalue weighted by Crippen LogP contribution is 2.25. The Bertz CT molecular complexity index is 461. The van der Waals surface area contributed by atoms with Crippen molar-refractivity contribution in [1.82, 2.24) is 10.6 Å². The van der Waals surface area contributed by atoms with Crippen molar-refractivity contribution in [3.63, 3.8) is 0 Å². The fraction of sp³-hybridized carbons (Fsp3) is 0.588. The number of hydrogen-bond acceptors (Lipinski definition) is 3. The van der Waals surface area contributed by atoms with Crippen LogP contribution in [0.4, 0.5) is 0 Å². The molecule has 2 N–H and O–H groups in total. The lowest BCUT2D eigenvalue weighted by Gasteiger charge is -2.18. The molecule has 0 radical (unpaired) electrons. The summed E-state index contributed by atoms with van der Waals surface area (Å²) in [6, 6.07) is 8.38. The lowest BCUT2D eigenvalue weighted by atomic mass is 10.0. The summed E-state index contributed by atoms with van der Waals surface area (Å²) >= 11 is 0. The van der Waals surface area contributed by atoms with Gasteiger partial charge in [-0.05, 0) is 24.5 Å². The predicted octanol–water partition coefficient (Wildman–Crippen LogP) is 2.39. The first-order valence-electron chi connectivity index (χ1n) is 7.76. The van der Waals surface area contributed by atoms with Crippen LogP contribution in [0.15, 0.2) is 29.3 Å². The molecule has 1 rings (SSSR count). The molecule has 0 aromatic heterocycles. The quantitative estimate of drug-likeness (QED) is 0.440. The van der Waals surface area contributed by atoms with E-state index in [9.17, 15) is 0 Å². The molecule has 0 aliphatic carbocycles. The first-order chi connectivity index (χ1) is 10.6. The van der Waals surface area contributed by atoms with Crippen molar-refractivity contribution in [1.29, 1.82) is 0 Å². The lowest BCUT2D eigenvalue weighted by Crippen LogP contribution is -2.45. The van der Waals surface area contributed by atoms with Crippen molar-refractivity contribution in [3.8, 4) is 5.75 Å². The summed E-state index contributed by atoms with van der Waals surface area (Å²) < 4.78 is 11.0. The van der Waals surface area contributed by atoms with Crippen LogP contribution in [0.1, 0.15) is 32.3 Å². The zero-order valence-corrected chi connectivity index (χ0v) is 14.3. The molecule has 0 fully saturated rings. The van der Waals surface area contributed by atoms with Crippen molar-refractivity contribution in [2.75, 3.05) is 33.9 Å². The fourth-order valence-electron chi connectivity index (χ4n) is 2.14. The largest absolute Gasteiger partial charge is 0.491 e. The molecule has 0 aliphatic heterocycles. The molecule has 22 heavy (non-hydrogen) atoms. The van der Waals surface area contributed by atoms with E-state index in [0.717, 1.165) is 11.7 Å². The summed E-state index contributed by atoms with van der Waals surface area (Å²) in [6.07, 6.45) is 0. The molecule has 1 aromatic rings. The van der Waals surface area contributed by atoms with Gasteiger partial charge in [0.25, 0.3) is 0 Å². The average molecular weight is 307 g/mol. The second-order valence-corrected chi connectivity index (χ2v) is 5.54. The third-order valence-electron chi connectivity index (χ3n) is 3.22. The second-order valence-electron chi connectivity index (χ2n) is 5.54. The van der Waals surface area contributed by atoms with Gasteiger partial charge in [0, 0.05) is 20.2 Å². The van der Waals surface area contributed by atoms with Gasteiger partial charge in [-0.15, -0.1) is 0 Å². The van der Waals surface area contributed by atoms with E-state index in [1.54, 1.807) is 14.2 Å². The van der Waals surface area contributed by atoms with E-state index in [1.807, 2.05) is 25.1 Å². The summed E-state index contributed by atoms with van der Waals surface area (Å²) in [4.78, 5) is 4.18. The summed E-state index contributed by atoms with van der Waals surface area (Å²) in [5.41, 5.74) is 1.23. The monoisotopic (exact) mass is 307 g/mol.